The van der Waals surface area contributed by atoms with Crippen LogP contribution in [0.25, 0.3) is 0 Å². The maximum Gasteiger partial charge on any atom is 0.0739 e. The highest BCUT2D eigenvalue weighted by atomic mass is 15.3. The fraction of sp³-hybridized carbons (Fsp3) is 0.526. The van der Waals surface area contributed by atoms with Crippen molar-refractivity contribution >= 4 is 5.71 Å². The second-order valence-electron chi connectivity index (χ2n) is 5.85. The first-order chi connectivity index (χ1) is 10.2. The molecule has 0 saturated heterocycles. The molecule has 0 aromatic heterocycles. The summed E-state index contributed by atoms with van der Waals surface area (Å²) in [6.45, 7) is 8.77. The van der Waals surface area contributed by atoms with E-state index in [1.807, 2.05) is 0 Å². The number of allylic oxidation sites excluding steroid dienone is 6. The highest BCUT2D eigenvalue weighted by molar-refractivity contribution is 5.91. The second-order valence-corrected chi connectivity index (χ2v) is 5.85. The van der Waals surface area contributed by atoms with E-state index < -0.39 is 0 Å². The molecule has 0 aromatic carbocycles. The normalized spacial score (nSPS) is 26.5. The van der Waals surface area contributed by atoms with E-state index in [0.717, 1.165) is 25.7 Å². The molecule has 0 bridgehead atoms. The van der Waals surface area contributed by atoms with Crippen LogP contribution in [0.2, 0.25) is 0 Å². The van der Waals surface area contributed by atoms with Gasteiger partial charge >= 0.3 is 0 Å². The van der Waals surface area contributed by atoms with Crippen molar-refractivity contribution in [2.75, 3.05) is 0 Å². The molecule has 2 unspecified atom stereocenters. The average Bonchev–Trinajstić information content (AvgIpc) is 2.97. The molecular weight excluding hydrogens is 256 g/mol. The Hall–Kier alpha value is -1.57. The molecule has 0 radical (unpaired) electrons. The summed E-state index contributed by atoms with van der Waals surface area (Å²) < 4.78 is 0. The third-order valence-electron chi connectivity index (χ3n) is 4.48. The highest BCUT2D eigenvalue weighted by Gasteiger charge is 2.28. The molecule has 0 saturated carbocycles. The van der Waals surface area contributed by atoms with Crippen LogP contribution in [0.3, 0.4) is 0 Å². The standard InChI is InChI=1S/C19H28N2/c1-5-9-16(10-6-2)18-13-19(21-20-18)17-12-8-11-15(7-3)14(17)4/h5,8-11,17-18,20H,6-7,12-13H2,1-4H3/b9-5-,16-10+. The predicted molar refractivity (Wildman–Crippen MR) is 92.4 cm³/mol. The number of hydrazone groups is 1. The van der Waals surface area contributed by atoms with Crippen LogP contribution in [0, 0.1) is 5.92 Å². The Kier molecular flexibility index (Phi) is 5.60. The van der Waals surface area contributed by atoms with Gasteiger partial charge < -0.3 is 5.43 Å². The number of nitrogens with zero attached hydrogens (tertiary/aromatic N) is 1. The van der Waals surface area contributed by atoms with E-state index in [1.165, 1.54) is 22.4 Å². The maximum atomic E-state index is 4.67. The minimum absolute atomic E-state index is 0.347. The third-order valence-corrected chi connectivity index (χ3v) is 4.48. The van der Waals surface area contributed by atoms with Crippen LogP contribution in [0.4, 0.5) is 0 Å². The quantitative estimate of drug-likeness (QED) is 0.712. The first-order valence-corrected chi connectivity index (χ1v) is 8.22. The average molecular weight is 284 g/mol. The molecule has 2 rings (SSSR count). The fourth-order valence-electron chi connectivity index (χ4n) is 3.29. The molecule has 0 amide bonds. The lowest BCUT2D eigenvalue weighted by atomic mass is 9.82. The summed E-state index contributed by atoms with van der Waals surface area (Å²) in [6.07, 6.45) is 15.5. The summed E-state index contributed by atoms with van der Waals surface area (Å²) in [4.78, 5) is 0. The number of hydrogen-bond acceptors (Lipinski definition) is 2. The Morgan fingerprint density at radius 1 is 1.43 bits per heavy atom. The van der Waals surface area contributed by atoms with Crippen molar-refractivity contribution in [2.45, 2.75) is 59.4 Å². The molecule has 2 atom stereocenters. The Morgan fingerprint density at radius 2 is 2.24 bits per heavy atom. The van der Waals surface area contributed by atoms with Gasteiger partial charge in [-0.05, 0) is 44.3 Å². The largest absolute Gasteiger partial charge is 0.302 e. The highest BCUT2D eigenvalue weighted by Crippen LogP contribution is 2.31. The molecule has 2 heteroatoms. The Labute approximate surface area is 129 Å². The zero-order valence-electron chi connectivity index (χ0n) is 13.8. The fourth-order valence-corrected chi connectivity index (χ4v) is 3.29. The molecule has 2 nitrogen and oxygen atoms in total. The SMILES string of the molecule is C/C=C\C(=C/CC)C1CC(C2CC=CC(CC)=C2C)=NN1. The zero-order chi connectivity index (χ0) is 15.2. The molecule has 1 aliphatic heterocycles. The van der Waals surface area contributed by atoms with E-state index in [0.29, 0.717) is 12.0 Å². The molecule has 21 heavy (non-hydrogen) atoms. The van der Waals surface area contributed by atoms with Crippen LogP contribution < -0.4 is 5.43 Å². The smallest absolute Gasteiger partial charge is 0.0739 e. The van der Waals surface area contributed by atoms with E-state index in [1.54, 1.807) is 0 Å². The van der Waals surface area contributed by atoms with Crippen LogP contribution in [-0.4, -0.2) is 11.8 Å². The molecule has 2 aliphatic rings. The Bertz CT molecular complexity index is 518. The first kappa shape index (κ1) is 15.8. The zero-order valence-corrected chi connectivity index (χ0v) is 13.8. The van der Waals surface area contributed by atoms with Gasteiger partial charge in [0.25, 0.3) is 0 Å². The van der Waals surface area contributed by atoms with Crippen molar-refractivity contribution in [3.8, 4) is 0 Å². The van der Waals surface area contributed by atoms with Gasteiger partial charge in [0.1, 0.15) is 0 Å². The van der Waals surface area contributed by atoms with Crippen molar-refractivity contribution in [1.29, 1.82) is 0 Å². The molecule has 0 spiro atoms. The molecule has 0 fully saturated rings. The predicted octanol–water partition coefficient (Wildman–Crippen LogP) is 4.92. The van der Waals surface area contributed by atoms with Gasteiger partial charge in [-0.25, -0.2) is 0 Å². The van der Waals surface area contributed by atoms with Crippen LogP contribution in [-0.2, 0) is 0 Å². The van der Waals surface area contributed by atoms with E-state index >= 15 is 0 Å². The van der Waals surface area contributed by atoms with Crippen LogP contribution >= 0.6 is 0 Å². The van der Waals surface area contributed by atoms with Crippen LogP contribution in [0.15, 0.2) is 52.2 Å². The van der Waals surface area contributed by atoms with E-state index in [2.05, 4.69) is 68.6 Å². The molecule has 1 aliphatic carbocycles. The lowest BCUT2D eigenvalue weighted by molar-refractivity contribution is 0.666. The Morgan fingerprint density at radius 3 is 2.90 bits per heavy atom. The lowest BCUT2D eigenvalue weighted by Gasteiger charge is -2.22. The molecule has 0 aromatic rings. The summed E-state index contributed by atoms with van der Waals surface area (Å²) in [5.74, 6) is 0.496. The maximum absolute atomic E-state index is 4.67. The second kappa shape index (κ2) is 7.44. The van der Waals surface area contributed by atoms with Gasteiger partial charge in [-0.15, -0.1) is 0 Å². The Balaban J connectivity index is 2.10. The lowest BCUT2D eigenvalue weighted by Crippen LogP contribution is -2.23. The first-order valence-electron chi connectivity index (χ1n) is 8.22. The molecule has 114 valence electrons. The molecular formula is C19H28N2. The van der Waals surface area contributed by atoms with E-state index in [-0.39, 0.29) is 0 Å². The summed E-state index contributed by atoms with van der Waals surface area (Å²) in [5, 5.41) is 4.67. The van der Waals surface area contributed by atoms with E-state index in [4.69, 9.17) is 0 Å². The number of hydrogen-bond donors (Lipinski definition) is 1. The molecule has 1 heterocycles. The third kappa shape index (κ3) is 3.55. The summed E-state index contributed by atoms with van der Waals surface area (Å²) in [5.41, 5.74) is 9.02. The topological polar surface area (TPSA) is 24.4 Å². The van der Waals surface area contributed by atoms with Gasteiger partial charge in [0.2, 0.25) is 0 Å². The minimum Gasteiger partial charge on any atom is -0.302 e. The van der Waals surface area contributed by atoms with Gasteiger partial charge in [0.15, 0.2) is 0 Å². The van der Waals surface area contributed by atoms with Crippen molar-refractivity contribution in [1.82, 2.24) is 5.43 Å². The monoisotopic (exact) mass is 284 g/mol. The van der Waals surface area contributed by atoms with Gasteiger partial charge in [-0.3, -0.25) is 0 Å². The van der Waals surface area contributed by atoms with Crippen molar-refractivity contribution < 1.29 is 0 Å². The van der Waals surface area contributed by atoms with E-state index in [9.17, 15) is 0 Å². The van der Waals surface area contributed by atoms with Crippen LogP contribution in [0.5, 0.6) is 0 Å². The summed E-state index contributed by atoms with van der Waals surface area (Å²) in [6, 6.07) is 0.347. The minimum atomic E-state index is 0.347. The van der Waals surface area contributed by atoms with Crippen molar-refractivity contribution in [3.05, 3.63) is 47.1 Å². The van der Waals surface area contributed by atoms with Crippen LogP contribution in [0.1, 0.15) is 53.4 Å². The van der Waals surface area contributed by atoms with Gasteiger partial charge in [-0.2, -0.15) is 5.10 Å². The van der Waals surface area contributed by atoms with Gasteiger partial charge in [-0.1, -0.05) is 49.8 Å². The summed E-state index contributed by atoms with van der Waals surface area (Å²) >= 11 is 0. The number of rotatable bonds is 5. The number of nitrogens with one attached hydrogen (secondary N) is 1. The van der Waals surface area contributed by atoms with Crippen molar-refractivity contribution in [2.24, 2.45) is 11.0 Å². The van der Waals surface area contributed by atoms with Gasteiger partial charge in [0, 0.05) is 18.1 Å². The molecule has 1 N–H and O–H groups in total. The summed E-state index contributed by atoms with van der Waals surface area (Å²) in [7, 11) is 0. The van der Waals surface area contributed by atoms with Crippen molar-refractivity contribution in [3.63, 3.8) is 0 Å². The van der Waals surface area contributed by atoms with Gasteiger partial charge in [0.05, 0.1) is 6.04 Å².